The lowest BCUT2D eigenvalue weighted by Crippen LogP contribution is -2.41. The summed E-state index contributed by atoms with van der Waals surface area (Å²) in [7, 11) is 0. The number of carbonyl (C=O) groups excluding carboxylic acids is 2. The standard InChI is InChI=1S/C19H26N4O3/c20-18(24)16-4-3-15(26-16)13-6-10-23(11-7-13)19(25)14-2-5-17(21-12-14)22-8-1-9-22/h2,5,12-13,15-16H,1,3-4,6-11H2,(H2,20,24)/t15-,16+/m0/s1. The molecule has 3 aliphatic rings. The molecule has 7 heteroatoms. The number of nitrogens with zero attached hydrogens (tertiary/aromatic N) is 3. The van der Waals surface area contributed by atoms with Gasteiger partial charge >= 0.3 is 0 Å². The monoisotopic (exact) mass is 358 g/mol. The molecule has 4 heterocycles. The topological polar surface area (TPSA) is 88.8 Å². The second-order valence-corrected chi connectivity index (χ2v) is 7.52. The van der Waals surface area contributed by atoms with Crippen LogP contribution in [0.5, 0.6) is 0 Å². The summed E-state index contributed by atoms with van der Waals surface area (Å²) in [5.74, 6) is 1.03. The highest BCUT2D eigenvalue weighted by Gasteiger charge is 2.36. The van der Waals surface area contributed by atoms with Crippen LogP contribution < -0.4 is 10.6 Å². The van der Waals surface area contributed by atoms with Crippen LogP contribution in [-0.4, -0.2) is 60.1 Å². The second-order valence-electron chi connectivity index (χ2n) is 7.52. The number of primary amides is 1. The largest absolute Gasteiger partial charge is 0.367 e. The van der Waals surface area contributed by atoms with Crippen molar-refractivity contribution >= 4 is 17.6 Å². The SMILES string of the molecule is NC(=O)[C@H]1CC[C@@H](C2CCN(C(=O)c3ccc(N4CCC4)nc3)CC2)O1. The Morgan fingerprint density at radius 3 is 2.38 bits per heavy atom. The summed E-state index contributed by atoms with van der Waals surface area (Å²) in [4.78, 5) is 32.5. The molecule has 140 valence electrons. The highest BCUT2D eigenvalue weighted by atomic mass is 16.5. The summed E-state index contributed by atoms with van der Waals surface area (Å²) in [6.45, 7) is 3.54. The van der Waals surface area contributed by atoms with E-state index in [1.807, 2.05) is 17.0 Å². The second kappa shape index (κ2) is 7.23. The third kappa shape index (κ3) is 3.40. The van der Waals surface area contributed by atoms with E-state index in [0.29, 0.717) is 17.9 Å². The molecule has 0 unspecified atom stereocenters. The Morgan fingerprint density at radius 1 is 1.08 bits per heavy atom. The number of amides is 2. The number of hydrogen-bond acceptors (Lipinski definition) is 5. The fourth-order valence-electron chi connectivity index (χ4n) is 4.12. The first-order valence-electron chi connectivity index (χ1n) is 9.57. The molecule has 0 aromatic carbocycles. The summed E-state index contributed by atoms with van der Waals surface area (Å²) in [5.41, 5.74) is 5.98. The quantitative estimate of drug-likeness (QED) is 0.873. The molecule has 26 heavy (non-hydrogen) atoms. The van der Waals surface area contributed by atoms with Crippen LogP contribution in [0.2, 0.25) is 0 Å². The van der Waals surface area contributed by atoms with E-state index in [9.17, 15) is 9.59 Å². The minimum Gasteiger partial charge on any atom is -0.367 e. The van der Waals surface area contributed by atoms with E-state index in [-0.39, 0.29) is 17.9 Å². The van der Waals surface area contributed by atoms with Crippen molar-refractivity contribution in [2.24, 2.45) is 11.7 Å². The van der Waals surface area contributed by atoms with Gasteiger partial charge in [0.05, 0.1) is 11.7 Å². The van der Waals surface area contributed by atoms with Gasteiger partial charge in [-0.25, -0.2) is 4.98 Å². The van der Waals surface area contributed by atoms with Crippen LogP contribution in [0.4, 0.5) is 5.82 Å². The number of pyridine rings is 1. The van der Waals surface area contributed by atoms with Gasteiger partial charge in [0, 0.05) is 32.4 Å². The number of piperidine rings is 1. The van der Waals surface area contributed by atoms with Crippen molar-refractivity contribution in [2.75, 3.05) is 31.1 Å². The van der Waals surface area contributed by atoms with Gasteiger partial charge in [0.1, 0.15) is 11.9 Å². The zero-order valence-corrected chi connectivity index (χ0v) is 15.0. The Morgan fingerprint density at radius 2 is 1.85 bits per heavy atom. The molecule has 0 bridgehead atoms. The van der Waals surface area contributed by atoms with Crippen molar-refractivity contribution in [3.63, 3.8) is 0 Å². The molecule has 1 aromatic rings. The van der Waals surface area contributed by atoms with Gasteiger partial charge in [0.25, 0.3) is 5.91 Å². The van der Waals surface area contributed by atoms with Crippen molar-refractivity contribution in [1.82, 2.24) is 9.88 Å². The van der Waals surface area contributed by atoms with Crippen molar-refractivity contribution in [3.8, 4) is 0 Å². The average Bonchev–Trinajstić information content (AvgIpc) is 3.11. The van der Waals surface area contributed by atoms with Crippen LogP contribution in [-0.2, 0) is 9.53 Å². The van der Waals surface area contributed by atoms with E-state index in [1.54, 1.807) is 6.20 Å². The number of nitrogens with two attached hydrogens (primary N) is 1. The van der Waals surface area contributed by atoms with Crippen LogP contribution in [0.15, 0.2) is 18.3 Å². The predicted molar refractivity (Wildman–Crippen MR) is 96.8 cm³/mol. The lowest BCUT2D eigenvalue weighted by Gasteiger charge is -2.35. The third-order valence-electron chi connectivity index (χ3n) is 5.90. The molecule has 2 N–H and O–H groups in total. The minimum absolute atomic E-state index is 0.0495. The molecule has 0 spiro atoms. The van der Waals surface area contributed by atoms with Crippen LogP contribution >= 0.6 is 0 Å². The summed E-state index contributed by atoms with van der Waals surface area (Å²) >= 11 is 0. The maximum absolute atomic E-state index is 12.7. The van der Waals surface area contributed by atoms with E-state index in [4.69, 9.17) is 10.5 Å². The number of likely N-dealkylation sites (tertiary alicyclic amines) is 1. The molecule has 2 atom stereocenters. The molecule has 0 radical (unpaired) electrons. The first kappa shape index (κ1) is 17.3. The predicted octanol–water partition coefficient (Wildman–Crippen LogP) is 1.18. The number of rotatable bonds is 4. The summed E-state index contributed by atoms with van der Waals surface area (Å²) < 4.78 is 5.80. The van der Waals surface area contributed by atoms with E-state index >= 15 is 0 Å². The average molecular weight is 358 g/mol. The number of ether oxygens (including phenoxy) is 1. The zero-order chi connectivity index (χ0) is 18.1. The molecule has 2 amide bonds. The molecule has 3 aliphatic heterocycles. The van der Waals surface area contributed by atoms with Crippen LogP contribution in [0.3, 0.4) is 0 Å². The summed E-state index contributed by atoms with van der Waals surface area (Å²) in [6, 6.07) is 3.82. The minimum atomic E-state index is -0.435. The number of carbonyl (C=O) groups is 2. The van der Waals surface area contributed by atoms with Gasteiger partial charge in [-0.3, -0.25) is 9.59 Å². The molecular formula is C19H26N4O3. The number of aromatic nitrogens is 1. The van der Waals surface area contributed by atoms with Gasteiger partial charge in [-0.15, -0.1) is 0 Å². The van der Waals surface area contributed by atoms with Crippen LogP contribution in [0.1, 0.15) is 42.5 Å². The Labute approximate surface area is 153 Å². The summed E-state index contributed by atoms with van der Waals surface area (Å²) in [6.07, 6.45) is 5.98. The Hall–Kier alpha value is -2.15. The Balaban J connectivity index is 1.30. The highest BCUT2D eigenvalue weighted by molar-refractivity contribution is 5.94. The molecule has 3 fully saturated rings. The zero-order valence-electron chi connectivity index (χ0n) is 15.0. The first-order chi connectivity index (χ1) is 12.6. The number of anilines is 1. The van der Waals surface area contributed by atoms with Gasteiger partial charge in [-0.05, 0) is 50.2 Å². The number of hydrogen-bond donors (Lipinski definition) is 1. The van der Waals surface area contributed by atoms with Crippen molar-refractivity contribution in [3.05, 3.63) is 23.9 Å². The van der Waals surface area contributed by atoms with Crippen molar-refractivity contribution < 1.29 is 14.3 Å². The molecule has 3 saturated heterocycles. The molecule has 1 aromatic heterocycles. The Kier molecular flexibility index (Phi) is 4.80. The van der Waals surface area contributed by atoms with Crippen molar-refractivity contribution in [2.45, 2.75) is 44.3 Å². The third-order valence-corrected chi connectivity index (χ3v) is 5.90. The van der Waals surface area contributed by atoms with Crippen LogP contribution in [0.25, 0.3) is 0 Å². The lowest BCUT2D eigenvalue weighted by atomic mass is 9.89. The molecule has 4 rings (SSSR count). The smallest absolute Gasteiger partial charge is 0.255 e. The van der Waals surface area contributed by atoms with Crippen molar-refractivity contribution in [1.29, 1.82) is 0 Å². The maximum Gasteiger partial charge on any atom is 0.255 e. The van der Waals surface area contributed by atoms with Gasteiger partial charge in [-0.2, -0.15) is 0 Å². The highest BCUT2D eigenvalue weighted by Crippen LogP contribution is 2.32. The Bertz CT molecular complexity index is 666. The molecule has 0 aliphatic carbocycles. The molecule has 0 saturated carbocycles. The summed E-state index contributed by atoms with van der Waals surface area (Å²) in [5, 5.41) is 0. The van der Waals surface area contributed by atoms with E-state index in [1.165, 1.54) is 6.42 Å². The van der Waals surface area contributed by atoms with Gasteiger partial charge < -0.3 is 20.3 Å². The van der Waals surface area contributed by atoms with Gasteiger partial charge in [0.2, 0.25) is 5.91 Å². The fraction of sp³-hybridized carbons (Fsp3) is 0.632. The molecular weight excluding hydrogens is 332 g/mol. The molecule has 7 nitrogen and oxygen atoms in total. The van der Waals surface area contributed by atoms with E-state index in [2.05, 4.69) is 9.88 Å². The van der Waals surface area contributed by atoms with Gasteiger partial charge in [0.15, 0.2) is 0 Å². The maximum atomic E-state index is 12.7. The first-order valence-corrected chi connectivity index (χ1v) is 9.57. The van der Waals surface area contributed by atoms with E-state index < -0.39 is 6.10 Å². The van der Waals surface area contributed by atoms with Crippen LogP contribution in [0, 0.1) is 5.92 Å². The fourth-order valence-corrected chi connectivity index (χ4v) is 4.12. The van der Waals surface area contributed by atoms with Gasteiger partial charge in [-0.1, -0.05) is 0 Å². The van der Waals surface area contributed by atoms with E-state index in [0.717, 1.165) is 51.3 Å². The lowest BCUT2D eigenvalue weighted by molar-refractivity contribution is -0.130. The normalized spacial score (nSPS) is 26.6.